The van der Waals surface area contributed by atoms with Gasteiger partial charge in [-0.25, -0.2) is 9.67 Å². The molecule has 2 N–H and O–H groups in total. The topological polar surface area (TPSA) is 81.1 Å². The third-order valence-electron chi connectivity index (χ3n) is 4.77. The number of pyridine rings is 1. The summed E-state index contributed by atoms with van der Waals surface area (Å²) >= 11 is 0. The highest BCUT2D eigenvalue weighted by Crippen LogP contribution is 2.30. The molecular weight excluding hydrogens is 306 g/mol. The maximum absolute atomic E-state index is 12.1. The minimum absolute atomic E-state index is 0.0962. The third kappa shape index (κ3) is 3.08. The number of ether oxygens (including phenoxy) is 1. The molecule has 1 aliphatic heterocycles. The Balaban J connectivity index is 1.75. The lowest BCUT2D eigenvalue weighted by molar-refractivity contribution is -0.121. The van der Waals surface area contributed by atoms with E-state index in [2.05, 4.69) is 27.6 Å². The summed E-state index contributed by atoms with van der Waals surface area (Å²) < 4.78 is 7.11. The van der Waals surface area contributed by atoms with Crippen LogP contribution >= 0.6 is 0 Å². The van der Waals surface area contributed by atoms with Crippen molar-refractivity contribution >= 4 is 16.9 Å². The summed E-state index contributed by atoms with van der Waals surface area (Å²) in [7, 11) is 3.47. The van der Waals surface area contributed by atoms with Crippen molar-refractivity contribution in [3.8, 4) is 5.88 Å². The molecule has 2 aromatic heterocycles. The van der Waals surface area contributed by atoms with Crippen molar-refractivity contribution in [2.24, 2.45) is 13.0 Å². The maximum atomic E-state index is 12.1. The molecule has 7 nitrogen and oxygen atoms in total. The fourth-order valence-corrected chi connectivity index (χ4v) is 3.19. The number of fused-ring (bicyclic) bond motifs is 1. The van der Waals surface area contributed by atoms with E-state index in [0.717, 1.165) is 47.5 Å². The second-order valence-corrected chi connectivity index (χ2v) is 6.46. The first kappa shape index (κ1) is 16.7. The first-order chi connectivity index (χ1) is 11.5. The lowest BCUT2D eigenvalue weighted by atomic mass is 9.99. The van der Waals surface area contributed by atoms with Gasteiger partial charge in [0.25, 0.3) is 0 Å². The van der Waals surface area contributed by atoms with Crippen LogP contribution in [0, 0.1) is 19.8 Å². The Labute approximate surface area is 141 Å². The van der Waals surface area contributed by atoms with E-state index < -0.39 is 0 Å². The predicted octanol–water partition coefficient (Wildman–Crippen LogP) is 0.862. The van der Waals surface area contributed by atoms with E-state index in [0.29, 0.717) is 24.6 Å². The molecule has 0 aliphatic carbocycles. The van der Waals surface area contributed by atoms with E-state index in [1.54, 1.807) is 11.8 Å². The van der Waals surface area contributed by atoms with Crippen molar-refractivity contribution in [2.45, 2.75) is 26.7 Å². The Bertz CT molecular complexity index is 764. The summed E-state index contributed by atoms with van der Waals surface area (Å²) in [6.45, 7) is 6.80. The van der Waals surface area contributed by atoms with E-state index >= 15 is 0 Å². The van der Waals surface area contributed by atoms with E-state index in [9.17, 15) is 4.79 Å². The average Bonchev–Trinajstić information content (AvgIpc) is 2.82. The molecule has 1 fully saturated rings. The number of aromatic nitrogens is 3. The number of nitrogens with one attached hydrogen (secondary N) is 2. The van der Waals surface area contributed by atoms with Crippen LogP contribution in [0.1, 0.15) is 23.2 Å². The third-order valence-corrected chi connectivity index (χ3v) is 4.77. The van der Waals surface area contributed by atoms with Gasteiger partial charge in [-0.3, -0.25) is 4.79 Å². The molecule has 0 saturated carbocycles. The molecule has 3 heterocycles. The molecular formula is C17H25N5O2. The van der Waals surface area contributed by atoms with Crippen molar-refractivity contribution in [2.75, 3.05) is 26.7 Å². The Morgan fingerprint density at radius 1 is 1.42 bits per heavy atom. The molecule has 24 heavy (non-hydrogen) atoms. The molecule has 2 aromatic rings. The number of carbonyl (C=O) groups excluding carboxylic acids is 1. The highest BCUT2D eigenvalue weighted by molar-refractivity contribution is 5.86. The van der Waals surface area contributed by atoms with E-state index in [1.807, 2.05) is 14.0 Å². The van der Waals surface area contributed by atoms with Gasteiger partial charge in [0.1, 0.15) is 0 Å². The molecule has 0 aromatic carbocycles. The SMILES string of the molecule is COc1nn(C)c2nc(C)c(CCC(=O)NCC3CNC3)c(C)c12. The van der Waals surface area contributed by atoms with Gasteiger partial charge in [-0.2, -0.15) is 0 Å². The summed E-state index contributed by atoms with van der Waals surface area (Å²) in [6, 6.07) is 0. The summed E-state index contributed by atoms with van der Waals surface area (Å²) in [5, 5.41) is 11.5. The standard InChI is InChI=1S/C17H25N5O2/c1-10-13(5-6-14(23)19-9-12-7-18-8-12)11(2)20-16-15(10)17(24-4)21-22(16)3/h12,18H,5-9H2,1-4H3,(H,19,23). The highest BCUT2D eigenvalue weighted by atomic mass is 16.5. The Morgan fingerprint density at radius 3 is 2.79 bits per heavy atom. The number of hydrogen-bond acceptors (Lipinski definition) is 5. The number of hydrogen-bond donors (Lipinski definition) is 2. The minimum atomic E-state index is 0.0962. The average molecular weight is 331 g/mol. The number of rotatable bonds is 6. The Kier molecular flexibility index (Phi) is 4.71. The predicted molar refractivity (Wildman–Crippen MR) is 92.2 cm³/mol. The summed E-state index contributed by atoms with van der Waals surface area (Å²) in [6.07, 6.45) is 1.14. The largest absolute Gasteiger partial charge is 0.479 e. The van der Waals surface area contributed by atoms with Crippen LogP contribution in [-0.2, 0) is 18.3 Å². The van der Waals surface area contributed by atoms with Gasteiger partial charge in [0, 0.05) is 44.7 Å². The molecule has 0 radical (unpaired) electrons. The summed E-state index contributed by atoms with van der Waals surface area (Å²) in [5.74, 6) is 1.26. The van der Waals surface area contributed by atoms with Crippen molar-refractivity contribution in [1.29, 1.82) is 0 Å². The van der Waals surface area contributed by atoms with Crippen molar-refractivity contribution in [3.63, 3.8) is 0 Å². The number of amides is 1. The first-order valence-corrected chi connectivity index (χ1v) is 8.35. The smallest absolute Gasteiger partial charge is 0.242 e. The number of aryl methyl sites for hydroxylation is 3. The quantitative estimate of drug-likeness (QED) is 0.821. The maximum Gasteiger partial charge on any atom is 0.242 e. The van der Waals surface area contributed by atoms with Gasteiger partial charge in [0.15, 0.2) is 5.65 Å². The monoisotopic (exact) mass is 331 g/mol. The first-order valence-electron chi connectivity index (χ1n) is 8.35. The van der Waals surface area contributed by atoms with E-state index in [4.69, 9.17) is 4.74 Å². The summed E-state index contributed by atoms with van der Waals surface area (Å²) in [5.41, 5.74) is 3.96. The van der Waals surface area contributed by atoms with Crippen LogP contribution in [0.5, 0.6) is 5.88 Å². The van der Waals surface area contributed by atoms with Gasteiger partial charge in [0.2, 0.25) is 11.8 Å². The highest BCUT2D eigenvalue weighted by Gasteiger charge is 2.19. The molecule has 0 bridgehead atoms. The number of carbonyl (C=O) groups is 1. The number of nitrogens with zero attached hydrogens (tertiary/aromatic N) is 3. The second kappa shape index (κ2) is 6.76. The Hall–Kier alpha value is -2.15. The van der Waals surface area contributed by atoms with Gasteiger partial charge < -0.3 is 15.4 Å². The lowest BCUT2D eigenvalue weighted by Gasteiger charge is -2.27. The van der Waals surface area contributed by atoms with E-state index in [1.165, 1.54) is 0 Å². The van der Waals surface area contributed by atoms with Crippen LogP contribution in [0.4, 0.5) is 0 Å². The zero-order valence-electron chi connectivity index (χ0n) is 14.8. The van der Waals surface area contributed by atoms with Crippen LogP contribution in [0.2, 0.25) is 0 Å². The van der Waals surface area contributed by atoms with E-state index in [-0.39, 0.29) is 5.91 Å². The molecule has 1 saturated heterocycles. The van der Waals surface area contributed by atoms with Crippen LogP contribution in [-0.4, -0.2) is 47.4 Å². The van der Waals surface area contributed by atoms with Crippen LogP contribution in [0.15, 0.2) is 0 Å². The molecule has 0 unspecified atom stereocenters. The summed E-state index contributed by atoms with van der Waals surface area (Å²) in [4.78, 5) is 16.7. The molecule has 1 aliphatic rings. The van der Waals surface area contributed by atoms with Gasteiger partial charge in [-0.1, -0.05) is 0 Å². The van der Waals surface area contributed by atoms with Crippen LogP contribution in [0.3, 0.4) is 0 Å². The number of methoxy groups -OCH3 is 1. The molecule has 0 spiro atoms. The van der Waals surface area contributed by atoms with Gasteiger partial charge in [-0.05, 0) is 31.4 Å². The second-order valence-electron chi connectivity index (χ2n) is 6.46. The Morgan fingerprint density at radius 2 is 2.17 bits per heavy atom. The lowest BCUT2D eigenvalue weighted by Crippen LogP contribution is -2.48. The molecule has 3 rings (SSSR count). The van der Waals surface area contributed by atoms with Crippen LogP contribution < -0.4 is 15.4 Å². The van der Waals surface area contributed by atoms with Crippen molar-refractivity contribution < 1.29 is 9.53 Å². The van der Waals surface area contributed by atoms with Gasteiger partial charge >= 0.3 is 0 Å². The zero-order valence-corrected chi connectivity index (χ0v) is 14.8. The molecule has 130 valence electrons. The molecule has 0 atom stereocenters. The fraction of sp³-hybridized carbons (Fsp3) is 0.588. The normalized spacial score (nSPS) is 14.7. The molecule has 7 heteroatoms. The fourth-order valence-electron chi connectivity index (χ4n) is 3.19. The van der Waals surface area contributed by atoms with Crippen molar-refractivity contribution in [1.82, 2.24) is 25.4 Å². The minimum Gasteiger partial charge on any atom is -0.479 e. The molecule has 1 amide bonds. The van der Waals surface area contributed by atoms with Crippen molar-refractivity contribution in [3.05, 3.63) is 16.8 Å². The van der Waals surface area contributed by atoms with Gasteiger partial charge in [-0.15, -0.1) is 5.10 Å². The van der Waals surface area contributed by atoms with Crippen LogP contribution in [0.25, 0.3) is 11.0 Å². The van der Waals surface area contributed by atoms with Gasteiger partial charge in [0.05, 0.1) is 12.5 Å². The zero-order chi connectivity index (χ0) is 17.3.